The minimum atomic E-state index is -0.793. The number of aryl methyl sites for hydroxylation is 1. The van der Waals surface area contributed by atoms with Crippen LogP contribution < -0.4 is 0 Å². The van der Waals surface area contributed by atoms with Crippen LogP contribution in [0.4, 0.5) is 13.2 Å². The van der Waals surface area contributed by atoms with Crippen LogP contribution in [0.25, 0.3) is 27.8 Å². The van der Waals surface area contributed by atoms with Crippen LogP contribution >= 0.6 is 0 Å². The molecular weight excluding hydrogens is 537 g/mol. The molecule has 3 aromatic rings. The predicted octanol–water partition coefficient (Wildman–Crippen LogP) is 12.5. The van der Waals surface area contributed by atoms with Crippen molar-refractivity contribution < 1.29 is 13.2 Å². The first-order valence-electron chi connectivity index (χ1n) is 16.7. The summed E-state index contributed by atoms with van der Waals surface area (Å²) in [5, 5.41) is 0. The maximum Gasteiger partial charge on any atom is 0.166 e. The van der Waals surface area contributed by atoms with E-state index >= 15 is 8.78 Å². The highest BCUT2D eigenvalue weighted by Gasteiger charge is 2.28. The van der Waals surface area contributed by atoms with Gasteiger partial charge in [0.25, 0.3) is 0 Å². The standard InChI is InChI=1S/C40H47F3/c1-3-5-6-7-8-10-34-23-26-37(40(43)39(34)42)33-21-17-31(18-22-33)35-24-25-36(38(41)27-35)32-19-15-30(16-20-32)29-13-11-28(9-4-2)12-14-29/h4,9,17-19,21-30H,3,5-8,10-16,20H2,1-2H3/b9-4+. The number of hydrogen-bond donors (Lipinski definition) is 0. The number of unbranched alkanes of at least 4 members (excludes halogenated alkanes) is 4. The molecule has 1 unspecified atom stereocenters. The fourth-order valence-electron chi connectivity index (χ4n) is 7.33. The van der Waals surface area contributed by atoms with Gasteiger partial charge in [0.05, 0.1) is 0 Å². The van der Waals surface area contributed by atoms with Crippen LogP contribution in [0.1, 0.15) is 102 Å². The van der Waals surface area contributed by atoms with E-state index in [1.165, 1.54) is 32.1 Å². The van der Waals surface area contributed by atoms with Crippen molar-refractivity contribution in [1.29, 1.82) is 0 Å². The molecule has 0 nitrogen and oxygen atoms in total. The summed E-state index contributed by atoms with van der Waals surface area (Å²) in [7, 11) is 0. The lowest BCUT2D eigenvalue weighted by Gasteiger charge is -2.35. The lowest BCUT2D eigenvalue weighted by atomic mass is 9.71. The molecule has 0 N–H and O–H groups in total. The molecule has 0 spiro atoms. The number of hydrogen-bond acceptors (Lipinski definition) is 0. The third-order valence-electron chi connectivity index (χ3n) is 9.96. The van der Waals surface area contributed by atoms with E-state index < -0.39 is 11.6 Å². The molecule has 3 heteroatoms. The Balaban J connectivity index is 1.21. The molecule has 0 bridgehead atoms. The van der Waals surface area contributed by atoms with E-state index in [-0.39, 0.29) is 11.4 Å². The normalized spacial score (nSPS) is 20.9. The smallest absolute Gasteiger partial charge is 0.166 e. The molecule has 2 aliphatic rings. The van der Waals surface area contributed by atoms with Gasteiger partial charge in [-0.05, 0) is 116 Å². The van der Waals surface area contributed by atoms with Crippen molar-refractivity contribution in [3.8, 4) is 22.3 Å². The highest BCUT2D eigenvalue weighted by Crippen LogP contribution is 2.42. The molecule has 0 radical (unpaired) electrons. The Labute approximate surface area is 257 Å². The maximum absolute atomic E-state index is 15.4. The molecular formula is C40H47F3. The lowest BCUT2D eigenvalue weighted by Crippen LogP contribution is -2.22. The first-order chi connectivity index (χ1) is 21.0. The van der Waals surface area contributed by atoms with Gasteiger partial charge in [0.15, 0.2) is 11.6 Å². The van der Waals surface area contributed by atoms with Crippen LogP contribution in [-0.4, -0.2) is 0 Å². The topological polar surface area (TPSA) is 0 Å². The Morgan fingerprint density at radius 1 is 0.698 bits per heavy atom. The second-order valence-corrected chi connectivity index (χ2v) is 12.8. The van der Waals surface area contributed by atoms with Gasteiger partial charge in [-0.3, -0.25) is 0 Å². The molecule has 1 saturated carbocycles. The Kier molecular flexibility index (Phi) is 11.0. The Morgan fingerprint density at radius 2 is 1.40 bits per heavy atom. The van der Waals surface area contributed by atoms with Crippen LogP contribution in [0, 0.1) is 35.2 Å². The van der Waals surface area contributed by atoms with Gasteiger partial charge in [-0.25, -0.2) is 13.2 Å². The van der Waals surface area contributed by atoms with E-state index in [0.29, 0.717) is 23.1 Å². The molecule has 2 aliphatic carbocycles. The van der Waals surface area contributed by atoms with Gasteiger partial charge in [-0.2, -0.15) is 0 Å². The molecule has 0 amide bonds. The monoisotopic (exact) mass is 584 g/mol. The summed E-state index contributed by atoms with van der Waals surface area (Å²) in [4.78, 5) is 0. The third-order valence-corrected chi connectivity index (χ3v) is 9.96. The van der Waals surface area contributed by atoms with Gasteiger partial charge in [0.2, 0.25) is 0 Å². The van der Waals surface area contributed by atoms with Gasteiger partial charge in [0.1, 0.15) is 5.82 Å². The zero-order valence-corrected chi connectivity index (χ0v) is 26.0. The summed E-state index contributed by atoms with van der Waals surface area (Å²) in [5.74, 6) is 0.550. The summed E-state index contributed by atoms with van der Waals surface area (Å²) in [6.07, 6.45) is 21.1. The summed E-state index contributed by atoms with van der Waals surface area (Å²) in [5.41, 5.74) is 4.78. The van der Waals surface area contributed by atoms with Crippen LogP contribution in [0.2, 0.25) is 0 Å². The van der Waals surface area contributed by atoms with E-state index in [2.05, 4.69) is 32.1 Å². The average molecular weight is 585 g/mol. The molecule has 0 aromatic heterocycles. The average Bonchev–Trinajstić information content (AvgIpc) is 3.04. The summed E-state index contributed by atoms with van der Waals surface area (Å²) < 4.78 is 45.2. The fourth-order valence-corrected chi connectivity index (χ4v) is 7.33. The fraction of sp³-hybridized carbons (Fsp3) is 0.450. The van der Waals surface area contributed by atoms with E-state index in [4.69, 9.17) is 0 Å². The van der Waals surface area contributed by atoms with E-state index in [1.807, 2.05) is 24.3 Å². The van der Waals surface area contributed by atoms with Crippen molar-refractivity contribution >= 4 is 5.57 Å². The molecule has 228 valence electrons. The summed E-state index contributed by atoms with van der Waals surface area (Å²) in [6.45, 7) is 4.28. The van der Waals surface area contributed by atoms with Crippen molar-refractivity contribution in [1.82, 2.24) is 0 Å². The highest BCUT2D eigenvalue weighted by atomic mass is 19.2. The van der Waals surface area contributed by atoms with E-state index in [0.717, 1.165) is 79.4 Å². The largest absolute Gasteiger partial charge is 0.206 e. The van der Waals surface area contributed by atoms with Crippen LogP contribution in [0.5, 0.6) is 0 Å². The van der Waals surface area contributed by atoms with Gasteiger partial charge in [-0.1, -0.05) is 99.4 Å². The predicted molar refractivity (Wildman–Crippen MR) is 175 cm³/mol. The minimum Gasteiger partial charge on any atom is -0.206 e. The Bertz CT molecular complexity index is 1410. The van der Waals surface area contributed by atoms with E-state index in [1.54, 1.807) is 30.3 Å². The van der Waals surface area contributed by atoms with Crippen molar-refractivity contribution in [3.63, 3.8) is 0 Å². The Hall–Kier alpha value is -3.07. The van der Waals surface area contributed by atoms with Gasteiger partial charge in [0, 0.05) is 11.1 Å². The molecule has 43 heavy (non-hydrogen) atoms. The first kappa shape index (κ1) is 31.4. The molecule has 3 aromatic carbocycles. The minimum absolute atomic E-state index is 0.198. The summed E-state index contributed by atoms with van der Waals surface area (Å²) in [6, 6.07) is 16.2. The second-order valence-electron chi connectivity index (χ2n) is 12.8. The second kappa shape index (κ2) is 15.1. The van der Waals surface area contributed by atoms with Crippen molar-refractivity contribution in [2.45, 2.75) is 97.3 Å². The first-order valence-corrected chi connectivity index (χ1v) is 16.7. The molecule has 0 heterocycles. The lowest BCUT2D eigenvalue weighted by molar-refractivity contribution is 0.212. The third kappa shape index (κ3) is 7.72. The summed E-state index contributed by atoms with van der Waals surface area (Å²) >= 11 is 0. The van der Waals surface area contributed by atoms with Gasteiger partial charge in [-0.15, -0.1) is 0 Å². The Morgan fingerprint density at radius 3 is 2.07 bits per heavy atom. The number of allylic oxidation sites excluding steroid dienone is 4. The van der Waals surface area contributed by atoms with Crippen molar-refractivity contribution in [2.75, 3.05) is 0 Å². The van der Waals surface area contributed by atoms with Crippen molar-refractivity contribution in [3.05, 3.63) is 101 Å². The van der Waals surface area contributed by atoms with Crippen LogP contribution in [0.15, 0.2) is 72.8 Å². The quantitative estimate of drug-likeness (QED) is 0.155. The highest BCUT2D eigenvalue weighted by molar-refractivity contribution is 5.74. The van der Waals surface area contributed by atoms with E-state index in [9.17, 15) is 4.39 Å². The molecule has 1 atom stereocenters. The van der Waals surface area contributed by atoms with Gasteiger partial charge >= 0.3 is 0 Å². The van der Waals surface area contributed by atoms with Crippen LogP contribution in [-0.2, 0) is 6.42 Å². The molecule has 1 fully saturated rings. The number of rotatable bonds is 11. The zero-order chi connectivity index (χ0) is 30.2. The molecule has 0 aliphatic heterocycles. The maximum atomic E-state index is 15.4. The molecule has 0 saturated heterocycles. The van der Waals surface area contributed by atoms with Gasteiger partial charge < -0.3 is 0 Å². The number of halogens is 3. The SMILES string of the molecule is C/C=C/C1CCC(C2CC=C(c3ccc(-c4ccc(-c5ccc(CCCCCCC)c(F)c5F)cc4)cc3F)CC2)CC1. The number of benzene rings is 3. The molecule has 5 rings (SSSR count). The van der Waals surface area contributed by atoms with Crippen molar-refractivity contribution in [2.24, 2.45) is 17.8 Å². The van der Waals surface area contributed by atoms with Crippen LogP contribution in [0.3, 0.4) is 0 Å². The zero-order valence-electron chi connectivity index (χ0n) is 26.0.